The lowest BCUT2D eigenvalue weighted by Gasteiger charge is -2.12. The number of anilines is 1. The molecule has 0 radical (unpaired) electrons. The molecule has 2 heterocycles. The Morgan fingerprint density at radius 3 is 2.40 bits per heavy atom. The van der Waals surface area contributed by atoms with Crippen LogP contribution in [0.25, 0.3) is 17.1 Å². The van der Waals surface area contributed by atoms with Crippen molar-refractivity contribution >= 4 is 5.69 Å². The summed E-state index contributed by atoms with van der Waals surface area (Å²) in [4.78, 5) is 6.33. The van der Waals surface area contributed by atoms with Crippen LogP contribution in [0.2, 0.25) is 0 Å². The topological polar surface area (TPSA) is 46.8 Å². The van der Waals surface area contributed by atoms with Crippen molar-refractivity contribution in [2.45, 2.75) is 0 Å². The molecule has 20 heavy (non-hydrogen) atoms. The van der Waals surface area contributed by atoms with Crippen molar-refractivity contribution < 1.29 is 0 Å². The number of pyridine rings is 1. The molecular formula is C15H15N5. The van der Waals surface area contributed by atoms with Gasteiger partial charge in [-0.05, 0) is 36.4 Å². The van der Waals surface area contributed by atoms with E-state index >= 15 is 0 Å². The van der Waals surface area contributed by atoms with Crippen LogP contribution in [0.5, 0.6) is 0 Å². The lowest BCUT2D eigenvalue weighted by Crippen LogP contribution is -2.08. The standard InChI is InChI=1S/C15H15N5/c1-19(2)12-6-8-13(9-7-12)20-11-15(17-18-20)14-5-3-4-10-16-14/h3-11H,1-2H3. The quantitative estimate of drug-likeness (QED) is 0.729. The minimum atomic E-state index is 0.766. The maximum absolute atomic E-state index is 4.27. The Kier molecular flexibility index (Phi) is 3.16. The molecule has 3 rings (SSSR count). The van der Waals surface area contributed by atoms with Gasteiger partial charge >= 0.3 is 0 Å². The van der Waals surface area contributed by atoms with Gasteiger partial charge in [0.05, 0.1) is 17.6 Å². The number of hydrogen-bond donors (Lipinski definition) is 0. The van der Waals surface area contributed by atoms with Gasteiger partial charge in [0.1, 0.15) is 5.69 Å². The Labute approximate surface area is 117 Å². The highest BCUT2D eigenvalue weighted by molar-refractivity contribution is 5.54. The molecule has 0 bridgehead atoms. The van der Waals surface area contributed by atoms with Gasteiger partial charge in [-0.1, -0.05) is 11.3 Å². The first-order chi connectivity index (χ1) is 9.74. The van der Waals surface area contributed by atoms with Gasteiger partial charge in [0, 0.05) is 26.0 Å². The predicted octanol–water partition coefficient (Wildman–Crippen LogP) is 2.40. The summed E-state index contributed by atoms with van der Waals surface area (Å²) in [6, 6.07) is 13.9. The number of benzene rings is 1. The van der Waals surface area contributed by atoms with E-state index in [1.807, 2.05) is 50.6 Å². The zero-order chi connectivity index (χ0) is 13.9. The minimum absolute atomic E-state index is 0.766. The van der Waals surface area contributed by atoms with Crippen molar-refractivity contribution in [2.75, 3.05) is 19.0 Å². The van der Waals surface area contributed by atoms with Crippen molar-refractivity contribution in [3.8, 4) is 17.1 Å². The van der Waals surface area contributed by atoms with Crippen LogP contribution in [0.4, 0.5) is 5.69 Å². The summed E-state index contributed by atoms with van der Waals surface area (Å²) in [6.45, 7) is 0. The van der Waals surface area contributed by atoms with Crippen molar-refractivity contribution in [2.24, 2.45) is 0 Å². The predicted molar refractivity (Wildman–Crippen MR) is 78.9 cm³/mol. The van der Waals surface area contributed by atoms with Crippen LogP contribution in [0, 0.1) is 0 Å². The average molecular weight is 265 g/mol. The first-order valence-corrected chi connectivity index (χ1v) is 6.35. The third kappa shape index (κ3) is 2.38. The third-order valence-corrected chi connectivity index (χ3v) is 3.05. The van der Waals surface area contributed by atoms with E-state index in [2.05, 4.69) is 32.3 Å². The Bertz CT molecular complexity index is 686. The molecule has 0 aliphatic heterocycles. The molecule has 5 nitrogen and oxygen atoms in total. The molecule has 0 unspecified atom stereocenters. The van der Waals surface area contributed by atoms with Crippen LogP contribution in [0.15, 0.2) is 54.9 Å². The van der Waals surface area contributed by atoms with Crippen LogP contribution in [0.3, 0.4) is 0 Å². The van der Waals surface area contributed by atoms with Crippen molar-refractivity contribution in [3.63, 3.8) is 0 Å². The van der Waals surface area contributed by atoms with Gasteiger partial charge in [-0.3, -0.25) is 4.98 Å². The van der Waals surface area contributed by atoms with Crippen molar-refractivity contribution in [3.05, 3.63) is 54.9 Å². The Balaban J connectivity index is 1.90. The zero-order valence-electron chi connectivity index (χ0n) is 11.4. The van der Waals surface area contributed by atoms with Crippen LogP contribution >= 0.6 is 0 Å². The van der Waals surface area contributed by atoms with Gasteiger partial charge in [-0.15, -0.1) is 5.10 Å². The fourth-order valence-electron chi connectivity index (χ4n) is 1.93. The fourth-order valence-corrected chi connectivity index (χ4v) is 1.93. The van der Waals surface area contributed by atoms with E-state index in [4.69, 9.17) is 0 Å². The molecule has 5 heteroatoms. The monoisotopic (exact) mass is 265 g/mol. The minimum Gasteiger partial charge on any atom is -0.378 e. The molecule has 0 spiro atoms. The summed E-state index contributed by atoms with van der Waals surface area (Å²) < 4.78 is 1.75. The van der Waals surface area contributed by atoms with Crippen molar-refractivity contribution in [1.82, 2.24) is 20.0 Å². The molecule has 2 aromatic heterocycles. The maximum Gasteiger partial charge on any atom is 0.131 e. The zero-order valence-corrected chi connectivity index (χ0v) is 11.4. The van der Waals surface area contributed by atoms with E-state index in [-0.39, 0.29) is 0 Å². The molecule has 0 amide bonds. The lowest BCUT2D eigenvalue weighted by atomic mass is 10.2. The highest BCUT2D eigenvalue weighted by atomic mass is 15.4. The summed E-state index contributed by atoms with van der Waals surface area (Å²) in [6.07, 6.45) is 3.63. The number of nitrogens with zero attached hydrogens (tertiary/aromatic N) is 5. The Morgan fingerprint density at radius 2 is 1.75 bits per heavy atom. The summed E-state index contributed by atoms with van der Waals surface area (Å²) >= 11 is 0. The lowest BCUT2D eigenvalue weighted by molar-refractivity contribution is 0.803. The number of rotatable bonds is 3. The molecule has 1 aromatic carbocycles. The first kappa shape index (κ1) is 12.3. The molecule has 0 saturated carbocycles. The summed E-state index contributed by atoms with van der Waals surface area (Å²) in [5.41, 5.74) is 3.72. The Morgan fingerprint density at radius 1 is 0.950 bits per heavy atom. The van der Waals surface area contributed by atoms with E-state index in [1.54, 1.807) is 10.9 Å². The highest BCUT2D eigenvalue weighted by Crippen LogP contribution is 2.17. The van der Waals surface area contributed by atoms with Crippen LogP contribution in [-0.2, 0) is 0 Å². The van der Waals surface area contributed by atoms with Crippen LogP contribution < -0.4 is 4.90 Å². The van der Waals surface area contributed by atoms with Gasteiger partial charge in [0.15, 0.2) is 0 Å². The molecule has 0 aliphatic carbocycles. The molecule has 3 aromatic rings. The highest BCUT2D eigenvalue weighted by Gasteiger charge is 2.06. The fraction of sp³-hybridized carbons (Fsp3) is 0.133. The first-order valence-electron chi connectivity index (χ1n) is 6.35. The summed E-state index contributed by atoms with van der Waals surface area (Å²) in [7, 11) is 4.04. The van der Waals surface area contributed by atoms with E-state index in [0.717, 1.165) is 22.8 Å². The van der Waals surface area contributed by atoms with Gasteiger partial charge in [-0.25, -0.2) is 4.68 Å². The molecule has 0 N–H and O–H groups in total. The van der Waals surface area contributed by atoms with E-state index in [0.29, 0.717) is 0 Å². The molecular weight excluding hydrogens is 250 g/mol. The summed E-state index contributed by atoms with van der Waals surface area (Å²) in [5, 5.41) is 8.31. The van der Waals surface area contributed by atoms with Crippen LogP contribution in [0.1, 0.15) is 0 Å². The molecule has 100 valence electrons. The molecule has 0 atom stereocenters. The SMILES string of the molecule is CN(C)c1ccc(-n2cc(-c3ccccn3)nn2)cc1. The van der Waals surface area contributed by atoms with Gasteiger partial charge in [0.25, 0.3) is 0 Å². The van der Waals surface area contributed by atoms with E-state index in [9.17, 15) is 0 Å². The van der Waals surface area contributed by atoms with E-state index < -0.39 is 0 Å². The second kappa shape index (κ2) is 5.13. The Hall–Kier alpha value is -2.69. The molecule has 0 saturated heterocycles. The smallest absolute Gasteiger partial charge is 0.131 e. The second-order valence-electron chi connectivity index (χ2n) is 4.67. The number of aromatic nitrogens is 4. The van der Waals surface area contributed by atoms with Crippen LogP contribution in [-0.4, -0.2) is 34.1 Å². The number of hydrogen-bond acceptors (Lipinski definition) is 4. The normalized spacial score (nSPS) is 10.5. The largest absolute Gasteiger partial charge is 0.378 e. The van der Waals surface area contributed by atoms with E-state index in [1.165, 1.54) is 0 Å². The van der Waals surface area contributed by atoms with Gasteiger partial charge in [0.2, 0.25) is 0 Å². The second-order valence-corrected chi connectivity index (χ2v) is 4.67. The summed E-state index contributed by atoms with van der Waals surface area (Å²) in [5.74, 6) is 0. The molecule has 0 aliphatic rings. The van der Waals surface area contributed by atoms with Gasteiger partial charge < -0.3 is 4.90 Å². The van der Waals surface area contributed by atoms with Gasteiger partial charge in [-0.2, -0.15) is 0 Å². The molecule has 0 fully saturated rings. The third-order valence-electron chi connectivity index (χ3n) is 3.05. The average Bonchev–Trinajstić information content (AvgIpc) is 2.98. The van der Waals surface area contributed by atoms with Crippen molar-refractivity contribution in [1.29, 1.82) is 0 Å². The maximum atomic E-state index is 4.27.